The summed E-state index contributed by atoms with van der Waals surface area (Å²) in [6.07, 6.45) is 4.71. The summed E-state index contributed by atoms with van der Waals surface area (Å²) in [5, 5.41) is 10.1. The Morgan fingerprint density at radius 2 is 2.05 bits per heavy atom. The van der Waals surface area contributed by atoms with Crippen molar-refractivity contribution in [2.75, 3.05) is 0 Å². The number of hydrogen-bond donors (Lipinski definition) is 1. The Labute approximate surface area is 113 Å². The molecule has 20 heavy (non-hydrogen) atoms. The van der Waals surface area contributed by atoms with Gasteiger partial charge in [-0.05, 0) is 12.1 Å². The summed E-state index contributed by atoms with van der Waals surface area (Å²) < 4.78 is 1.69. The molecule has 0 saturated carbocycles. The van der Waals surface area contributed by atoms with Crippen molar-refractivity contribution in [3.63, 3.8) is 0 Å². The predicted octanol–water partition coefficient (Wildman–Crippen LogP) is 2.69. The highest BCUT2D eigenvalue weighted by Gasteiger charge is 2.16. The first-order valence-electron chi connectivity index (χ1n) is 6.12. The summed E-state index contributed by atoms with van der Waals surface area (Å²) in [5.74, 6) is -0.993. The summed E-state index contributed by atoms with van der Waals surface area (Å²) in [4.78, 5) is 19.8. The zero-order chi connectivity index (χ0) is 13.7. The molecule has 2 aromatic rings. The van der Waals surface area contributed by atoms with E-state index < -0.39 is 5.97 Å². The minimum absolute atomic E-state index is 0.151. The minimum atomic E-state index is -0.993. The molecule has 2 aliphatic rings. The standard InChI is InChI=1S/C15H9N3O2/c19-15(20)9-7-16-14-13-11(5-6-18(14)8-9)10-3-1-2-4-12(10)17-13/h1-8H,(H,19,20). The molecule has 96 valence electrons. The quantitative estimate of drug-likeness (QED) is 0.573. The van der Waals surface area contributed by atoms with Gasteiger partial charge in [0.1, 0.15) is 5.69 Å². The van der Waals surface area contributed by atoms with Crippen molar-refractivity contribution in [2.24, 2.45) is 0 Å². The highest BCUT2D eigenvalue weighted by Crippen LogP contribution is 2.32. The maximum atomic E-state index is 11.0. The van der Waals surface area contributed by atoms with E-state index in [1.807, 2.05) is 36.5 Å². The maximum Gasteiger partial charge on any atom is 0.338 e. The number of aromatic carboxylic acids is 1. The number of benzene rings is 1. The van der Waals surface area contributed by atoms with Gasteiger partial charge in [0, 0.05) is 29.5 Å². The number of carboxylic acids is 1. The third-order valence-corrected chi connectivity index (χ3v) is 3.39. The van der Waals surface area contributed by atoms with Gasteiger partial charge in [-0.3, -0.25) is 0 Å². The van der Waals surface area contributed by atoms with Crippen molar-refractivity contribution in [1.82, 2.24) is 14.4 Å². The number of para-hydroxylation sites is 1. The summed E-state index contributed by atoms with van der Waals surface area (Å²) in [6, 6.07) is 9.83. The first-order chi connectivity index (χ1) is 9.74. The molecule has 0 bridgehead atoms. The van der Waals surface area contributed by atoms with Crippen LogP contribution < -0.4 is 0 Å². The molecule has 0 fully saturated rings. The SMILES string of the molecule is O=C(O)c1cnc2c3nc4ccccc4c-3ccn2c1. The van der Waals surface area contributed by atoms with Crippen LogP contribution in [0.1, 0.15) is 10.4 Å². The van der Waals surface area contributed by atoms with E-state index in [4.69, 9.17) is 5.11 Å². The average molecular weight is 263 g/mol. The molecular weight excluding hydrogens is 254 g/mol. The fraction of sp³-hybridized carbons (Fsp3) is 0. The van der Waals surface area contributed by atoms with Gasteiger partial charge >= 0.3 is 5.97 Å². The number of hydrogen-bond acceptors (Lipinski definition) is 3. The van der Waals surface area contributed by atoms with Crippen LogP contribution in [-0.2, 0) is 0 Å². The molecule has 4 rings (SSSR count). The van der Waals surface area contributed by atoms with E-state index in [0.29, 0.717) is 5.65 Å². The fourth-order valence-electron chi connectivity index (χ4n) is 2.45. The number of carbonyl (C=O) groups is 1. The zero-order valence-corrected chi connectivity index (χ0v) is 10.3. The van der Waals surface area contributed by atoms with Crippen LogP contribution in [-0.4, -0.2) is 25.4 Å². The highest BCUT2D eigenvalue weighted by atomic mass is 16.4. The third-order valence-electron chi connectivity index (χ3n) is 3.39. The van der Waals surface area contributed by atoms with Crippen LogP contribution >= 0.6 is 0 Å². The Bertz CT molecular complexity index is 942. The summed E-state index contributed by atoms with van der Waals surface area (Å²) in [7, 11) is 0. The van der Waals surface area contributed by atoms with E-state index in [1.54, 1.807) is 10.6 Å². The normalized spacial score (nSPS) is 11.4. The van der Waals surface area contributed by atoms with Crippen LogP contribution in [0.15, 0.2) is 48.9 Å². The van der Waals surface area contributed by atoms with E-state index in [0.717, 1.165) is 22.2 Å². The Hall–Kier alpha value is -2.95. The second-order valence-electron chi connectivity index (χ2n) is 4.59. The van der Waals surface area contributed by atoms with E-state index in [1.165, 1.54) is 6.20 Å². The third kappa shape index (κ3) is 1.40. The molecule has 2 aliphatic heterocycles. The molecule has 0 unspecified atom stereocenters. The van der Waals surface area contributed by atoms with Gasteiger partial charge in [-0.15, -0.1) is 0 Å². The summed E-state index contributed by atoms with van der Waals surface area (Å²) in [6.45, 7) is 0. The topological polar surface area (TPSA) is 67.5 Å². The Kier molecular flexibility index (Phi) is 2.06. The molecule has 1 aromatic heterocycles. The molecule has 0 radical (unpaired) electrons. The molecule has 0 amide bonds. The van der Waals surface area contributed by atoms with Gasteiger partial charge in [0.25, 0.3) is 0 Å². The first kappa shape index (κ1) is 10.9. The van der Waals surface area contributed by atoms with Crippen LogP contribution in [0.25, 0.3) is 27.8 Å². The zero-order valence-electron chi connectivity index (χ0n) is 10.3. The van der Waals surface area contributed by atoms with Gasteiger partial charge in [-0.1, -0.05) is 18.2 Å². The largest absolute Gasteiger partial charge is 0.478 e. The van der Waals surface area contributed by atoms with Crippen LogP contribution in [0, 0.1) is 0 Å². The highest BCUT2D eigenvalue weighted by molar-refractivity contribution is 6.01. The maximum absolute atomic E-state index is 11.0. The van der Waals surface area contributed by atoms with Crippen molar-refractivity contribution < 1.29 is 9.90 Å². The minimum Gasteiger partial charge on any atom is -0.478 e. The molecular formula is C15H9N3O2. The number of carboxylic acid groups (broad SMARTS) is 1. The van der Waals surface area contributed by atoms with Crippen LogP contribution in [0.2, 0.25) is 0 Å². The van der Waals surface area contributed by atoms with E-state index in [2.05, 4.69) is 9.97 Å². The van der Waals surface area contributed by atoms with Gasteiger partial charge in [0.05, 0.1) is 11.1 Å². The number of rotatable bonds is 1. The second-order valence-corrected chi connectivity index (χ2v) is 4.59. The lowest BCUT2D eigenvalue weighted by Gasteiger charge is -2.06. The van der Waals surface area contributed by atoms with Crippen molar-refractivity contribution in [2.45, 2.75) is 0 Å². The van der Waals surface area contributed by atoms with Gasteiger partial charge < -0.3 is 9.51 Å². The van der Waals surface area contributed by atoms with Crippen molar-refractivity contribution in [1.29, 1.82) is 0 Å². The van der Waals surface area contributed by atoms with E-state index in [9.17, 15) is 4.79 Å². The van der Waals surface area contributed by atoms with Crippen LogP contribution in [0.3, 0.4) is 0 Å². The number of aromatic nitrogens is 3. The average Bonchev–Trinajstić information content (AvgIpc) is 2.85. The molecule has 5 heteroatoms. The Balaban J connectivity index is 2.12. The molecule has 5 nitrogen and oxygen atoms in total. The fourth-order valence-corrected chi connectivity index (χ4v) is 2.45. The van der Waals surface area contributed by atoms with Crippen molar-refractivity contribution in [3.8, 4) is 11.3 Å². The van der Waals surface area contributed by atoms with Crippen molar-refractivity contribution in [3.05, 3.63) is 54.5 Å². The molecule has 0 saturated heterocycles. The van der Waals surface area contributed by atoms with Gasteiger partial charge in [-0.25, -0.2) is 14.8 Å². The number of nitrogens with zero attached hydrogens (tertiary/aromatic N) is 3. The molecule has 0 aliphatic carbocycles. The second kappa shape index (κ2) is 3.77. The molecule has 3 heterocycles. The van der Waals surface area contributed by atoms with Crippen LogP contribution in [0.4, 0.5) is 0 Å². The lowest BCUT2D eigenvalue weighted by molar-refractivity contribution is 0.0696. The van der Waals surface area contributed by atoms with E-state index >= 15 is 0 Å². The van der Waals surface area contributed by atoms with Gasteiger partial charge in [0.15, 0.2) is 5.65 Å². The number of fused-ring (bicyclic) bond motifs is 5. The predicted molar refractivity (Wildman–Crippen MR) is 74.1 cm³/mol. The lowest BCUT2D eigenvalue weighted by Crippen LogP contribution is -2.02. The van der Waals surface area contributed by atoms with Crippen LogP contribution in [0.5, 0.6) is 0 Å². The monoisotopic (exact) mass is 263 g/mol. The Morgan fingerprint density at radius 1 is 1.20 bits per heavy atom. The van der Waals surface area contributed by atoms with Crippen molar-refractivity contribution >= 4 is 22.5 Å². The van der Waals surface area contributed by atoms with E-state index in [-0.39, 0.29) is 5.56 Å². The van der Waals surface area contributed by atoms with Gasteiger partial charge in [-0.2, -0.15) is 0 Å². The van der Waals surface area contributed by atoms with Gasteiger partial charge in [0.2, 0.25) is 0 Å². The molecule has 1 N–H and O–H groups in total. The Morgan fingerprint density at radius 3 is 2.90 bits per heavy atom. The first-order valence-corrected chi connectivity index (χ1v) is 6.12. The number of pyridine rings is 1. The lowest BCUT2D eigenvalue weighted by atomic mass is 10.1. The summed E-state index contributed by atoms with van der Waals surface area (Å²) in [5.41, 5.74) is 3.53. The molecule has 1 aromatic carbocycles. The summed E-state index contributed by atoms with van der Waals surface area (Å²) >= 11 is 0. The smallest absolute Gasteiger partial charge is 0.338 e. The molecule has 0 spiro atoms. The molecule has 0 atom stereocenters.